The van der Waals surface area contributed by atoms with E-state index in [9.17, 15) is 4.79 Å². The molecule has 0 unspecified atom stereocenters. The van der Waals surface area contributed by atoms with Crippen molar-refractivity contribution in [3.63, 3.8) is 0 Å². The molecule has 0 fully saturated rings. The standard InChI is InChI=1S/C22H18N2O3/c25-22-18-11-20(26-13-16-7-3-1-4-8-16)21(12-19(18)23-15-24-22)27-14-17-9-5-2-6-10-17/h1-12,15H,13-14H2,(H,23,24,25). The van der Waals surface area contributed by atoms with Crippen LogP contribution in [0.25, 0.3) is 10.9 Å². The van der Waals surface area contributed by atoms with Crippen molar-refractivity contribution >= 4 is 10.9 Å². The summed E-state index contributed by atoms with van der Waals surface area (Å²) in [6.45, 7) is 0.781. The van der Waals surface area contributed by atoms with E-state index in [-0.39, 0.29) is 5.56 Å². The Morgan fingerprint density at radius 1 is 0.778 bits per heavy atom. The van der Waals surface area contributed by atoms with Gasteiger partial charge in [0, 0.05) is 6.07 Å². The van der Waals surface area contributed by atoms with Gasteiger partial charge in [-0.15, -0.1) is 0 Å². The van der Waals surface area contributed by atoms with Gasteiger partial charge in [0.2, 0.25) is 0 Å². The van der Waals surface area contributed by atoms with Crippen molar-refractivity contribution in [2.24, 2.45) is 0 Å². The minimum absolute atomic E-state index is 0.209. The first-order chi connectivity index (χ1) is 13.3. The molecule has 0 bridgehead atoms. The molecule has 1 aromatic heterocycles. The zero-order valence-corrected chi connectivity index (χ0v) is 14.6. The van der Waals surface area contributed by atoms with E-state index in [1.54, 1.807) is 12.1 Å². The molecule has 3 aromatic carbocycles. The molecule has 0 saturated heterocycles. The first-order valence-electron chi connectivity index (χ1n) is 8.64. The Bertz CT molecular complexity index is 1090. The Morgan fingerprint density at radius 2 is 1.33 bits per heavy atom. The number of hydrogen-bond acceptors (Lipinski definition) is 4. The summed E-state index contributed by atoms with van der Waals surface area (Å²) in [4.78, 5) is 18.9. The Kier molecular flexibility index (Phi) is 4.83. The SMILES string of the molecule is O=c1[nH]cnc2cc(OCc3ccccc3)c(OCc3ccccc3)cc12. The van der Waals surface area contributed by atoms with Crippen molar-refractivity contribution in [2.45, 2.75) is 13.2 Å². The van der Waals surface area contributed by atoms with E-state index >= 15 is 0 Å². The number of nitrogens with one attached hydrogen (secondary N) is 1. The van der Waals surface area contributed by atoms with Gasteiger partial charge in [-0.3, -0.25) is 4.79 Å². The Balaban J connectivity index is 1.65. The highest BCUT2D eigenvalue weighted by Crippen LogP contribution is 2.32. The molecule has 27 heavy (non-hydrogen) atoms. The Labute approximate surface area is 156 Å². The van der Waals surface area contributed by atoms with Gasteiger partial charge in [0.25, 0.3) is 5.56 Å². The number of benzene rings is 3. The highest BCUT2D eigenvalue weighted by Gasteiger charge is 2.11. The second kappa shape index (κ2) is 7.74. The first kappa shape index (κ1) is 16.8. The van der Waals surface area contributed by atoms with Crippen molar-refractivity contribution < 1.29 is 9.47 Å². The molecule has 1 heterocycles. The van der Waals surface area contributed by atoms with Gasteiger partial charge in [-0.05, 0) is 17.2 Å². The van der Waals surface area contributed by atoms with Crippen molar-refractivity contribution in [1.29, 1.82) is 0 Å². The zero-order chi connectivity index (χ0) is 18.5. The summed E-state index contributed by atoms with van der Waals surface area (Å²) in [5, 5.41) is 0.465. The summed E-state index contributed by atoms with van der Waals surface area (Å²) >= 11 is 0. The molecule has 4 aromatic rings. The molecule has 1 N–H and O–H groups in total. The normalized spacial score (nSPS) is 10.7. The molecule has 134 valence electrons. The summed E-state index contributed by atoms with van der Waals surface area (Å²) in [7, 11) is 0. The number of hydrogen-bond donors (Lipinski definition) is 1. The molecule has 0 saturated carbocycles. The monoisotopic (exact) mass is 358 g/mol. The van der Waals surface area contributed by atoms with Crippen LogP contribution in [0.1, 0.15) is 11.1 Å². The third-order valence-corrected chi connectivity index (χ3v) is 4.18. The van der Waals surface area contributed by atoms with E-state index in [1.165, 1.54) is 6.33 Å². The fourth-order valence-electron chi connectivity index (χ4n) is 2.77. The average molecular weight is 358 g/mol. The topological polar surface area (TPSA) is 64.2 Å². The van der Waals surface area contributed by atoms with Crippen LogP contribution in [-0.2, 0) is 13.2 Å². The zero-order valence-electron chi connectivity index (χ0n) is 14.6. The molecule has 4 rings (SSSR count). The minimum Gasteiger partial charge on any atom is -0.485 e. The maximum Gasteiger partial charge on any atom is 0.258 e. The fourth-order valence-corrected chi connectivity index (χ4v) is 2.77. The molecule has 0 aliphatic carbocycles. The number of H-pyrrole nitrogens is 1. The van der Waals surface area contributed by atoms with Crippen molar-refractivity contribution in [3.05, 3.63) is 101 Å². The van der Waals surface area contributed by atoms with E-state index < -0.39 is 0 Å². The van der Waals surface area contributed by atoms with Crippen LogP contribution in [-0.4, -0.2) is 9.97 Å². The maximum absolute atomic E-state index is 12.1. The quantitative estimate of drug-likeness (QED) is 0.564. The highest BCUT2D eigenvalue weighted by atomic mass is 16.5. The average Bonchev–Trinajstić information content (AvgIpc) is 2.72. The van der Waals surface area contributed by atoms with Crippen LogP contribution in [0, 0.1) is 0 Å². The Morgan fingerprint density at radius 3 is 1.93 bits per heavy atom. The lowest BCUT2D eigenvalue weighted by Crippen LogP contribution is -2.08. The fraction of sp³-hybridized carbons (Fsp3) is 0.0909. The van der Waals surface area contributed by atoms with Crippen LogP contribution < -0.4 is 15.0 Å². The van der Waals surface area contributed by atoms with E-state index in [0.717, 1.165) is 11.1 Å². The lowest BCUT2D eigenvalue weighted by molar-refractivity contribution is 0.256. The van der Waals surface area contributed by atoms with E-state index in [1.807, 2.05) is 60.7 Å². The number of fused-ring (bicyclic) bond motifs is 1. The van der Waals surface area contributed by atoms with Crippen molar-refractivity contribution in [1.82, 2.24) is 9.97 Å². The Hall–Kier alpha value is -3.60. The lowest BCUT2D eigenvalue weighted by atomic mass is 10.2. The van der Waals surface area contributed by atoms with Gasteiger partial charge in [-0.25, -0.2) is 4.98 Å². The third kappa shape index (κ3) is 3.98. The molecule has 0 spiro atoms. The molecule has 0 aliphatic heterocycles. The first-order valence-corrected chi connectivity index (χ1v) is 8.64. The summed E-state index contributed by atoms with van der Waals surface area (Å²) in [5.74, 6) is 1.07. The van der Waals surface area contributed by atoms with Crippen LogP contribution in [0.2, 0.25) is 0 Å². The summed E-state index contributed by atoms with van der Waals surface area (Å²) in [6.07, 6.45) is 1.39. The van der Waals surface area contributed by atoms with Gasteiger partial charge >= 0.3 is 0 Å². The molecular weight excluding hydrogens is 340 g/mol. The van der Waals surface area contributed by atoms with Gasteiger partial charge in [0.1, 0.15) is 13.2 Å². The number of ether oxygens (including phenoxy) is 2. The van der Waals surface area contributed by atoms with Gasteiger partial charge < -0.3 is 14.5 Å². The highest BCUT2D eigenvalue weighted by molar-refractivity contribution is 5.81. The van der Waals surface area contributed by atoms with Crippen molar-refractivity contribution in [3.8, 4) is 11.5 Å². The second-order valence-electron chi connectivity index (χ2n) is 6.10. The number of aromatic nitrogens is 2. The molecular formula is C22H18N2O3. The number of aromatic amines is 1. The predicted octanol–water partition coefficient (Wildman–Crippen LogP) is 4.08. The van der Waals surface area contributed by atoms with Crippen LogP contribution in [0.3, 0.4) is 0 Å². The van der Waals surface area contributed by atoms with Crippen LogP contribution in [0.15, 0.2) is 83.9 Å². The number of nitrogens with zero attached hydrogens (tertiary/aromatic N) is 1. The molecule has 5 heteroatoms. The predicted molar refractivity (Wildman–Crippen MR) is 104 cm³/mol. The smallest absolute Gasteiger partial charge is 0.258 e. The van der Waals surface area contributed by atoms with Crippen LogP contribution >= 0.6 is 0 Å². The van der Waals surface area contributed by atoms with Gasteiger partial charge in [0.15, 0.2) is 11.5 Å². The van der Waals surface area contributed by atoms with Gasteiger partial charge in [-0.2, -0.15) is 0 Å². The van der Waals surface area contributed by atoms with E-state index in [4.69, 9.17) is 9.47 Å². The largest absolute Gasteiger partial charge is 0.485 e. The molecule has 0 aliphatic rings. The van der Waals surface area contributed by atoms with E-state index in [2.05, 4.69) is 9.97 Å². The maximum atomic E-state index is 12.1. The van der Waals surface area contributed by atoms with Crippen LogP contribution in [0.4, 0.5) is 0 Å². The molecule has 5 nitrogen and oxygen atoms in total. The third-order valence-electron chi connectivity index (χ3n) is 4.18. The minimum atomic E-state index is -0.209. The lowest BCUT2D eigenvalue weighted by Gasteiger charge is -2.14. The van der Waals surface area contributed by atoms with Crippen LogP contribution in [0.5, 0.6) is 11.5 Å². The molecule has 0 atom stereocenters. The summed E-state index contributed by atoms with van der Waals surface area (Å²) < 4.78 is 12.0. The molecule has 0 amide bonds. The van der Waals surface area contributed by atoms with Gasteiger partial charge in [0.05, 0.1) is 17.2 Å². The summed E-state index contributed by atoms with van der Waals surface area (Å²) in [5.41, 5.74) is 2.44. The molecule has 0 radical (unpaired) electrons. The summed E-state index contributed by atoms with van der Waals surface area (Å²) in [6, 6.07) is 23.2. The van der Waals surface area contributed by atoms with Gasteiger partial charge in [-0.1, -0.05) is 60.7 Å². The van der Waals surface area contributed by atoms with Crippen molar-refractivity contribution in [2.75, 3.05) is 0 Å². The van der Waals surface area contributed by atoms with E-state index in [0.29, 0.717) is 35.6 Å². The second-order valence-corrected chi connectivity index (χ2v) is 6.10. The number of rotatable bonds is 6.